The van der Waals surface area contributed by atoms with Gasteiger partial charge >= 0.3 is 0 Å². The number of hydrogen-bond acceptors (Lipinski definition) is 5. The smallest absolute Gasteiger partial charge is 0.142 e. The molecule has 0 saturated heterocycles. The Kier molecular flexibility index (Phi) is 5.75. The maximum Gasteiger partial charge on any atom is 0.142 e. The molecule has 0 bridgehead atoms. The molecule has 0 aliphatic rings. The van der Waals surface area contributed by atoms with E-state index in [2.05, 4.69) is 21.6 Å². The Morgan fingerprint density at radius 3 is 2.93 bits per heavy atom. The average Bonchev–Trinajstić information content (AvgIpc) is 2.66. The van der Waals surface area contributed by atoms with E-state index < -0.39 is 0 Å². The van der Waals surface area contributed by atoms with Gasteiger partial charge in [-0.2, -0.15) is 4.37 Å². The summed E-state index contributed by atoms with van der Waals surface area (Å²) in [5.74, 6) is 0.977. The van der Waals surface area contributed by atoms with Gasteiger partial charge in [-0.05, 0) is 25.0 Å². The highest BCUT2D eigenvalue weighted by Gasteiger charge is 2.10. The van der Waals surface area contributed by atoms with Crippen LogP contribution in [0.15, 0.2) is 0 Å². The van der Waals surface area contributed by atoms with E-state index in [0.717, 1.165) is 30.1 Å². The van der Waals surface area contributed by atoms with Gasteiger partial charge in [0.25, 0.3) is 0 Å². The fraction of sp³-hybridized carbons (Fsp3) is 0.800. The lowest BCUT2D eigenvalue weighted by Crippen LogP contribution is -2.32. The van der Waals surface area contributed by atoms with Crippen LogP contribution in [0.4, 0.5) is 0 Å². The molecule has 1 atom stereocenters. The highest BCUT2D eigenvalue weighted by atomic mass is 32.1. The number of hydrogen-bond donors (Lipinski definition) is 1. The standard InChI is InChI=1S/C10H19N3OS/c1-4-5-9-12-10(15-13-9)6-8(11-2)7-14-3/h8,11H,4-7H2,1-3H3. The SMILES string of the molecule is CCCc1nsc(CC(COC)NC)n1. The molecule has 0 amide bonds. The van der Waals surface area contributed by atoms with Crippen LogP contribution in [-0.4, -0.2) is 36.2 Å². The molecule has 0 aromatic carbocycles. The lowest BCUT2D eigenvalue weighted by Gasteiger charge is -2.12. The van der Waals surface area contributed by atoms with Crippen LogP contribution in [0, 0.1) is 0 Å². The van der Waals surface area contributed by atoms with Crippen LogP contribution >= 0.6 is 11.5 Å². The van der Waals surface area contributed by atoms with Gasteiger partial charge in [0, 0.05) is 26.0 Å². The van der Waals surface area contributed by atoms with Gasteiger partial charge in [-0.15, -0.1) is 0 Å². The van der Waals surface area contributed by atoms with Crippen LogP contribution in [0.1, 0.15) is 24.2 Å². The van der Waals surface area contributed by atoms with Crippen LogP contribution < -0.4 is 5.32 Å². The Hall–Kier alpha value is -0.520. The summed E-state index contributed by atoms with van der Waals surface area (Å²) in [6.45, 7) is 2.85. The number of methoxy groups -OCH3 is 1. The van der Waals surface area contributed by atoms with Gasteiger partial charge in [-0.25, -0.2) is 4.98 Å². The molecule has 1 heterocycles. The highest BCUT2D eigenvalue weighted by Crippen LogP contribution is 2.09. The van der Waals surface area contributed by atoms with E-state index in [4.69, 9.17) is 4.74 Å². The summed E-state index contributed by atoms with van der Waals surface area (Å²) >= 11 is 1.50. The van der Waals surface area contributed by atoms with E-state index in [1.807, 2.05) is 7.05 Å². The third-order valence-corrected chi connectivity index (χ3v) is 2.95. The summed E-state index contributed by atoms with van der Waals surface area (Å²) in [6.07, 6.45) is 2.97. The third-order valence-electron chi connectivity index (χ3n) is 2.18. The van der Waals surface area contributed by atoms with Crippen molar-refractivity contribution in [2.75, 3.05) is 20.8 Å². The van der Waals surface area contributed by atoms with Crippen LogP contribution in [0.25, 0.3) is 0 Å². The molecule has 1 N–H and O–H groups in total. The predicted octanol–water partition coefficient (Wildman–Crippen LogP) is 1.27. The van der Waals surface area contributed by atoms with E-state index >= 15 is 0 Å². The second kappa shape index (κ2) is 6.87. The fourth-order valence-electron chi connectivity index (χ4n) is 1.35. The maximum atomic E-state index is 5.12. The van der Waals surface area contributed by atoms with E-state index in [0.29, 0.717) is 12.6 Å². The van der Waals surface area contributed by atoms with E-state index in [1.165, 1.54) is 11.5 Å². The van der Waals surface area contributed by atoms with Crippen molar-refractivity contribution in [3.63, 3.8) is 0 Å². The predicted molar refractivity (Wildman–Crippen MR) is 62.3 cm³/mol. The average molecular weight is 229 g/mol. The van der Waals surface area contributed by atoms with Gasteiger partial charge in [0.15, 0.2) is 0 Å². The summed E-state index contributed by atoms with van der Waals surface area (Å²) in [5.41, 5.74) is 0. The molecule has 5 heteroatoms. The summed E-state index contributed by atoms with van der Waals surface area (Å²) < 4.78 is 9.43. The van der Waals surface area contributed by atoms with Gasteiger partial charge < -0.3 is 10.1 Å². The lowest BCUT2D eigenvalue weighted by molar-refractivity contribution is 0.169. The minimum atomic E-state index is 0.331. The third kappa shape index (κ3) is 4.24. The molecule has 1 aromatic rings. The molecule has 0 spiro atoms. The zero-order chi connectivity index (χ0) is 11.1. The van der Waals surface area contributed by atoms with Gasteiger partial charge in [0.05, 0.1) is 6.61 Å². The Balaban J connectivity index is 2.47. The first-order valence-corrected chi connectivity index (χ1v) is 6.05. The van der Waals surface area contributed by atoms with Crippen molar-refractivity contribution in [3.05, 3.63) is 10.8 Å². The van der Waals surface area contributed by atoms with Gasteiger partial charge in [0.2, 0.25) is 0 Å². The first-order chi connectivity index (χ1) is 7.30. The quantitative estimate of drug-likeness (QED) is 0.765. The van der Waals surface area contributed by atoms with Crippen LogP contribution in [0.5, 0.6) is 0 Å². The number of likely N-dealkylation sites (N-methyl/N-ethyl adjacent to an activating group) is 1. The normalized spacial score (nSPS) is 13.0. The van der Waals surface area contributed by atoms with Gasteiger partial charge in [0.1, 0.15) is 10.8 Å². The van der Waals surface area contributed by atoms with Crippen molar-refractivity contribution in [2.45, 2.75) is 32.2 Å². The van der Waals surface area contributed by atoms with E-state index in [1.54, 1.807) is 7.11 Å². The fourth-order valence-corrected chi connectivity index (χ4v) is 2.12. The largest absolute Gasteiger partial charge is 0.383 e. The topological polar surface area (TPSA) is 47.0 Å². The summed E-state index contributed by atoms with van der Waals surface area (Å²) in [5, 5.41) is 4.30. The first-order valence-electron chi connectivity index (χ1n) is 5.27. The molecule has 0 fully saturated rings. The van der Waals surface area contributed by atoms with Crippen LogP contribution in [0.3, 0.4) is 0 Å². The molecule has 86 valence electrons. The van der Waals surface area contributed by atoms with E-state index in [9.17, 15) is 0 Å². The lowest BCUT2D eigenvalue weighted by atomic mass is 10.2. The Labute approximate surface area is 95.2 Å². The molecule has 1 rings (SSSR count). The number of nitrogens with zero attached hydrogens (tertiary/aromatic N) is 2. The van der Waals surface area contributed by atoms with Crippen molar-refractivity contribution >= 4 is 11.5 Å². The van der Waals surface area contributed by atoms with Gasteiger partial charge in [-0.1, -0.05) is 6.92 Å². The summed E-state index contributed by atoms with van der Waals surface area (Å²) in [6, 6.07) is 0.331. The Morgan fingerprint density at radius 2 is 2.33 bits per heavy atom. The number of aryl methyl sites for hydroxylation is 1. The number of aromatic nitrogens is 2. The highest BCUT2D eigenvalue weighted by molar-refractivity contribution is 7.05. The van der Waals surface area contributed by atoms with Crippen molar-refractivity contribution < 1.29 is 4.74 Å². The Morgan fingerprint density at radius 1 is 1.53 bits per heavy atom. The molecule has 0 radical (unpaired) electrons. The second-order valence-electron chi connectivity index (χ2n) is 3.50. The molecular formula is C10H19N3OS. The second-order valence-corrected chi connectivity index (χ2v) is 4.34. The molecule has 1 unspecified atom stereocenters. The van der Waals surface area contributed by atoms with Crippen LogP contribution in [0.2, 0.25) is 0 Å². The number of nitrogens with one attached hydrogen (secondary N) is 1. The zero-order valence-corrected chi connectivity index (χ0v) is 10.4. The van der Waals surface area contributed by atoms with Crippen molar-refractivity contribution in [2.24, 2.45) is 0 Å². The summed E-state index contributed by atoms with van der Waals surface area (Å²) in [7, 11) is 3.66. The molecule has 0 saturated carbocycles. The number of rotatable bonds is 7. The monoisotopic (exact) mass is 229 g/mol. The molecule has 15 heavy (non-hydrogen) atoms. The molecular weight excluding hydrogens is 210 g/mol. The zero-order valence-electron chi connectivity index (χ0n) is 9.62. The van der Waals surface area contributed by atoms with Crippen LogP contribution in [-0.2, 0) is 17.6 Å². The van der Waals surface area contributed by atoms with Crippen molar-refractivity contribution in [1.29, 1.82) is 0 Å². The molecule has 0 aliphatic carbocycles. The molecule has 0 aliphatic heterocycles. The minimum Gasteiger partial charge on any atom is -0.383 e. The molecule has 4 nitrogen and oxygen atoms in total. The molecule has 1 aromatic heterocycles. The van der Waals surface area contributed by atoms with Crippen molar-refractivity contribution in [1.82, 2.24) is 14.7 Å². The van der Waals surface area contributed by atoms with Crippen molar-refractivity contribution in [3.8, 4) is 0 Å². The summed E-state index contributed by atoms with van der Waals surface area (Å²) in [4.78, 5) is 4.48. The first kappa shape index (κ1) is 12.5. The van der Waals surface area contributed by atoms with E-state index in [-0.39, 0.29) is 0 Å². The van der Waals surface area contributed by atoms with Gasteiger partial charge in [-0.3, -0.25) is 0 Å². The number of ether oxygens (including phenoxy) is 1. The minimum absolute atomic E-state index is 0.331. The maximum absolute atomic E-state index is 5.12. The Bertz CT molecular complexity index is 277.